The maximum atomic E-state index is 6.24. The van der Waals surface area contributed by atoms with Crippen LogP contribution in [0.25, 0.3) is 0 Å². The Bertz CT molecular complexity index is 375. The van der Waals surface area contributed by atoms with Crippen molar-refractivity contribution in [3.05, 3.63) is 20.3 Å². The molecule has 3 rings (SSSR count). The zero-order valence-corrected chi connectivity index (χ0v) is 11.2. The van der Waals surface area contributed by atoms with Crippen LogP contribution in [0.3, 0.4) is 0 Å². The lowest BCUT2D eigenvalue weighted by molar-refractivity contribution is 0.735. The molecular weight excluding hydrogens is 270 g/mol. The molecular formula is C12H16BrNS. The molecule has 2 aliphatic rings. The molecule has 0 aliphatic heterocycles. The lowest BCUT2D eigenvalue weighted by atomic mass is 10.1. The van der Waals surface area contributed by atoms with E-state index < -0.39 is 0 Å². The largest absolute Gasteiger partial charge is 0.321 e. The summed E-state index contributed by atoms with van der Waals surface area (Å²) < 4.78 is 1.31. The average molecular weight is 286 g/mol. The number of hydrogen-bond donors (Lipinski definition) is 1. The quantitative estimate of drug-likeness (QED) is 0.869. The highest BCUT2D eigenvalue weighted by Gasteiger charge is 2.42. The van der Waals surface area contributed by atoms with Gasteiger partial charge in [0.1, 0.15) is 0 Å². The second kappa shape index (κ2) is 3.57. The van der Waals surface area contributed by atoms with Gasteiger partial charge < -0.3 is 5.73 Å². The highest BCUT2D eigenvalue weighted by Crippen LogP contribution is 2.50. The molecule has 2 saturated carbocycles. The van der Waals surface area contributed by atoms with Gasteiger partial charge in [0.2, 0.25) is 0 Å². The molecule has 2 aliphatic carbocycles. The summed E-state index contributed by atoms with van der Waals surface area (Å²) in [5, 5.41) is 0. The first-order valence-corrected chi connectivity index (χ1v) is 7.39. The number of thiophene rings is 1. The molecule has 0 unspecified atom stereocenters. The van der Waals surface area contributed by atoms with Crippen LogP contribution in [-0.4, -0.2) is 0 Å². The van der Waals surface area contributed by atoms with Crippen LogP contribution in [0.5, 0.6) is 0 Å². The Morgan fingerprint density at radius 1 is 1.33 bits per heavy atom. The van der Waals surface area contributed by atoms with Crippen molar-refractivity contribution in [1.82, 2.24) is 0 Å². The van der Waals surface area contributed by atoms with Crippen molar-refractivity contribution in [2.24, 2.45) is 5.73 Å². The summed E-state index contributed by atoms with van der Waals surface area (Å²) in [6.07, 6.45) is 7.89. The SMILES string of the molecule is NC1(c2cc(Br)c(C3CCCC3)s2)CC1. The third-order valence-corrected chi connectivity index (χ3v) is 6.15. The molecule has 0 radical (unpaired) electrons. The molecule has 0 amide bonds. The van der Waals surface area contributed by atoms with Gasteiger partial charge in [-0.05, 0) is 53.6 Å². The number of hydrogen-bond acceptors (Lipinski definition) is 2. The fraction of sp³-hybridized carbons (Fsp3) is 0.667. The summed E-state index contributed by atoms with van der Waals surface area (Å²) in [6, 6.07) is 2.27. The van der Waals surface area contributed by atoms with Crippen LogP contribution in [0.2, 0.25) is 0 Å². The van der Waals surface area contributed by atoms with Gasteiger partial charge in [0.15, 0.2) is 0 Å². The molecule has 0 atom stereocenters. The van der Waals surface area contributed by atoms with Crippen molar-refractivity contribution >= 4 is 27.3 Å². The van der Waals surface area contributed by atoms with Crippen molar-refractivity contribution < 1.29 is 0 Å². The molecule has 0 bridgehead atoms. The molecule has 2 N–H and O–H groups in total. The van der Waals surface area contributed by atoms with E-state index in [0.29, 0.717) is 0 Å². The van der Waals surface area contributed by atoms with E-state index in [1.54, 1.807) is 4.88 Å². The van der Waals surface area contributed by atoms with Crippen LogP contribution in [0, 0.1) is 0 Å². The number of halogens is 1. The molecule has 0 spiro atoms. The monoisotopic (exact) mass is 285 g/mol. The van der Waals surface area contributed by atoms with Crippen molar-refractivity contribution in [3.8, 4) is 0 Å². The Hall–Kier alpha value is 0.140. The fourth-order valence-electron chi connectivity index (χ4n) is 2.48. The maximum Gasteiger partial charge on any atom is 0.0505 e. The molecule has 1 aromatic rings. The van der Waals surface area contributed by atoms with Gasteiger partial charge in [-0.15, -0.1) is 11.3 Å². The van der Waals surface area contributed by atoms with Crippen LogP contribution in [0.15, 0.2) is 10.5 Å². The van der Waals surface area contributed by atoms with Gasteiger partial charge >= 0.3 is 0 Å². The molecule has 15 heavy (non-hydrogen) atoms. The average Bonchev–Trinajstić information content (AvgIpc) is 2.71. The van der Waals surface area contributed by atoms with Crippen LogP contribution < -0.4 is 5.73 Å². The van der Waals surface area contributed by atoms with Crippen LogP contribution in [-0.2, 0) is 5.54 Å². The normalized spacial score (nSPS) is 24.7. The van der Waals surface area contributed by atoms with E-state index in [1.165, 1.54) is 47.9 Å². The van der Waals surface area contributed by atoms with E-state index >= 15 is 0 Å². The minimum atomic E-state index is 0.0457. The van der Waals surface area contributed by atoms with E-state index in [4.69, 9.17) is 5.73 Å². The summed E-state index contributed by atoms with van der Waals surface area (Å²) in [6.45, 7) is 0. The van der Waals surface area contributed by atoms with E-state index in [9.17, 15) is 0 Å². The van der Waals surface area contributed by atoms with Gasteiger partial charge in [-0.2, -0.15) is 0 Å². The predicted molar refractivity (Wildman–Crippen MR) is 68.3 cm³/mol. The Morgan fingerprint density at radius 2 is 2.00 bits per heavy atom. The molecule has 0 aromatic carbocycles. The lowest BCUT2D eigenvalue weighted by Gasteiger charge is -2.07. The summed E-state index contributed by atoms with van der Waals surface area (Å²) in [5.74, 6) is 0.806. The Morgan fingerprint density at radius 3 is 2.60 bits per heavy atom. The van der Waals surface area contributed by atoms with E-state index in [1.807, 2.05) is 11.3 Å². The van der Waals surface area contributed by atoms with E-state index in [-0.39, 0.29) is 5.54 Å². The van der Waals surface area contributed by atoms with Crippen molar-refractivity contribution in [2.75, 3.05) is 0 Å². The first-order valence-electron chi connectivity index (χ1n) is 5.78. The van der Waals surface area contributed by atoms with Crippen molar-refractivity contribution in [3.63, 3.8) is 0 Å². The zero-order chi connectivity index (χ0) is 10.5. The topological polar surface area (TPSA) is 26.0 Å². The molecule has 1 aromatic heterocycles. The third-order valence-electron chi connectivity index (χ3n) is 3.72. The molecule has 0 saturated heterocycles. The first-order chi connectivity index (χ1) is 7.19. The molecule has 2 fully saturated rings. The predicted octanol–water partition coefficient (Wildman–Crippen LogP) is 4.12. The molecule has 1 heterocycles. The third kappa shape index (κ3) is 1.79. The zero-order valence-electron chi connectivity index (χ0n) is 8.76. The van der Waals surface area contributed by atoms with Gasteiger partial charge in [0, 0.05) is 14.2 Å². The smallest absolute Gasteiger partial charge is 0.0505 e. The second-order valence-corrected chi connectivity index (χ2v) is 6.90. The minimum absolute atomic E-state index is 0.0457. The van der Waals surface area contributed by atoms with Gasteiger partial charge in [-0.25, -0.2) is 0 Å². The van der Waals surface area contributed by atoms with Gasteiger partial charge in [0.25, 0.3) is 0 Å². The lowest BCUT2D eigenvalue weighted by Crippen LogP contribution is -2.16. The van der Waals surface area contributed by atoms with Gasteiger partial charge in [-0.3, -0.25) is 0 Å². The summed E-state index contributed by atoms with van der Waals surface area (Å²) in [4.78, 5) is 2.95. The van der Waals surface area contributed by atoms with Crippen molar-refractivity contribution in [2.45, 2.75) is 50.0 Å². The van der Waals surface area contributed by atoms with Crippen LogP contribution in [0.1, 0.15) is 54.2 Å². The summed E-state index contributed by atoms with van der Waals surface area (Å²) in [5.41, 5.74) is 6.28. The van der Waals surface area contributed by atoms with Crippen LogP contribution in [0.4, 0.5) is 0 Å². The molecule has 82 valence electrons. The van der Waals surface area contributed by atoms with Gasteiger partial charge in [-0.1, -0.05) is 12.8 Å². The first kappa shape index (κ1) is 10.3. The van der Waals surface area contributed by atoms with E-state index in [2.05, 4.69) is 22.0 Å². The van der Waals surface area contributed by atoms with Crippen molar-refractivity contribution in [1.29, 1.82) is 0 Å². The summed E-state index contributed by atoms with van der Waals surface area (Å²) >= 11 is 5.66. The van der Waals surface area contributed by atoms with E-state index in [0.717, 1.165) is 5.92 Å². The number of nitrogens with two attached hydrogens (primary N) is 1. The summed E-state index contributed by atoms with van der Waals surface area (Å²) in [7, 11) is 0. The van der Waals surface area contributed by atoms with Crippen LogP contribution >= 0.6 is 27.3 Å². The highest BCUT2D eigenvalue weighted by atomic mass is 79.9. The second-order valence-electron chi connectivity index (χ2n) is 4.96. The fourth-order valence-corrected chi connectivity index (χ4v) is 4.80. The Kier molecular flexibility index (Phi) is 2.45. The standard InChI is InChI=1S/C12H16BrNS/c13-9-7-10(12(14)5-6-12)15-11(9)8-3-1-2-4-8/h7-8H,1-6,14H2. The molecule has 3 heteroatoms. The molecule has 1 nitrogen and oxygen atoms in total. The Balaban J connectivity index is 1.91. The maximum absolute atomic E-state index is 6.24. The highest BCUT2D eigenvalue weighted by molar-refractivity contribution is 9.10. The Labute approximate surface area is 103 Å². The van der Waals surface area contributed by atoms with Gasteiger partial charge in [0.05, 0.1) is 5.54 Å². The number of rotatable bonds is 2. The minimum Gasteiger partial charge on any atom is -0.321 e.